The van der Waals surface area contributed by atoms with Gasteiger partial charge in [-0.1, -0.05) is 0 Å². The van der Waals surface area contributed by atoms with E-state index in [9.17, 15) is 12.8 Å². The zero-order valence-electron chi connectivity index (χ0n) is 6.41. The number of primary sulfonamides is 1. The quantitative estimate of drug-likeness (QED) is 0.709. The smallest absolute Gasteiger partial charge is 0.225 e. The molecule has 0 radical (unpaired) electrons. The highest BCUT2D eigenvalue weighted by Crippen LogP contribution is 2.12. The first-order valence-corrected chi connectivity index (χ1v) is 4.75. The first-order valence-electron chi connectivity index (χ1n) is 3.20. The fourth-order valence-corrected chi connectivity index (χ4v) is 1.39. The Labute approximate surface area is 70.1 Å². The molecule has 1 rings (SSSR count). The van der Waals surface area contributed by atoms with E-state index >= 15 is 0 Å². The van der Waals surface area contributed by atoms with Gasteiger partial charge in [-0.25, -0.2) is 17.9 Å². The lowest BCUT2D eigenvalue weighted by molar-refractivity contribution is 0.595. The van der Waals surface area contributed by atoms with Gasteiger partial charge in [0, 0.05) is 0 Å². The second-order valence-electron chi connectivity index (χ2n) is 2.46. The molecule has 0 saturated heterocycles. The maximum atomic E-state index is 12.7. The molecule has 1 aromatic rings. The van der Waals surface area contributed by atoms with Crippen LogP contribution in [0.5, 0.6) is 0 Å². The third-order valence-corrected chi connectivity index (χ3v) is 2.37. The number of sulfonamides is 1. The van der Waals surface area contributed by atoms with Gasteiger partial charge in [-0.15, -0.1) is 0 Å². The predicted molar refractivity (Wildman–Crippen MR) is 42.5 cm³/mol. The van der Waals surface area contributed by atoms with E-state index in [4.69, 9.17) is 5.14 Å². The first kappa shape index (κ1) is 9.15. The van der Waals surface area contributed by atoms with Crippen molar-refractivity contribution < 1.29 is 12.8 Å². The molecule has 0 aromatic heterocycles. The zero-order chi connectivity index (χ0) is 9.35. The molecule has 66 valence electrons. The second kappa shape index (κ2) is 2.84. The summed E-state index contributed by atoms with van der Waals surface area (Å²) in [5.41, 5.74) is 0.265. The van der Waals surface area contributed by atoms with Crippen molar-refractivity contribution in [1.82, 2.24) is 0 Å². The van der Waals surface area contributed by atoms with Crippen LogP contribution in [0.15, 0.2) is 23.1 Å². The topological polar surface area (TPSA) is 60.2 Å². The van der Waals surface area contributed by atoms with Crippen LogP contribution in [0.2, 0.25) is 0 Å². The normalized spacial score (nSPS) is 11.6. The number of aryl methyl sites for hydroxylation is 1. The number of halogens is 1. The SMILES string of the molecule is Cc1cc(S(N)(=O)=O)ccc1F. The summed E-state index contributed by atoms with van der Waals surface area (Å²) in [5.74, 6) is -0.442. The summed E-state index contributed by atoms with van der Waals surface area (Å²) in [6.07, 6.45) is 0. The van der Waals surface area contributed by atoms with Crippen LogP contribution in [0.1, 0.15) is 5.56 Å². The van der Waals surface area contributed by atoms with Crippen molar-refractivity contribution in [3.05, 3.63) is 29.6 Å². The van der Waals surface area contributed by atoms with Crippen LogP contribution in [-0.4, -0.2) is 8.42 Å². The summed E-state index contributed by atoms with van der Waals surface area (Å²) >= 11 is 0. The molecular weight excluding hydrogens is 181 g/mol. The summed E-state index contributed by atoms with van der Waals surface area (Å²) in [6, 6.07) is 3.41. The average molecular weight is 189 g/mol. The molecule has 0 spiro atoms. The molecule has 0 aliphatic heterocycles. The van der Waals surface area contributed by atoms with Crippen molar-refractivity contribution in [2.45, 2.75) is 11.8 Å². The molecule has 12 heavy (non-hydrogen) atoms. The van der Waals surface area contributed by atoms with E-state index in [1.165, 1.54) is 13.0 Å². The van der Waals surface area contributed by atoms with Crippen molar-refractivity contribution >= 4 is 10.0 Å². The van der Waals surface area contributed by atoms with Gasteiger partial charge in [0.15, 0.2) is 0 Å². The van der Waals surface area contributed by atoms with E-state index in [2.05, 4.69) is 0 Å². The average Bonchev–Trinajstić information content (AvgIpc) is 1.92. The summed E-state index contributed by atoms with van der Waals surface area (Å²) < 4.78 is 34.2. The third-order valence-electron chi connectivity index (χ3n) is 1.46. The summed E-state index contributed by atoms with van der Waals surface area (Å²) in [6.45, 7) is 1.48. The Morgan fingerprint density at radius 2 is 2.00 bits per heavy atom. The highest BCUT2D eigenvalue weighted by Gasteiger charge is 2.08. The van der Waals surface area contributed by atoms with E-state index in [0.717, 1.165) is 12.1 Å². The lowest BCUT2D eigenvalue weighted by Gasteiger charge is -1.99. The van der Waals surface area contributed by atoms with Crippen LogP contribution in [0.4, 0.5) is 4.39 Å². The number of benzene rings is 1. The van der Waals surface area contributed by atoms with E-state index < -0.39 is 15.8 Å². The number of hydrogen-bond acceptors (Lipinski definition) is 2. The number of rotatable bonds is 1. The van der Waals surface area contributed by atoms with Crippen LogP contribution in [0.3, 0.4) is 0 Å². The molecule has 0 fully saturated rings. The lowest BCUT2D eigenvalue weighted by Crippen LogP contribution is -2.12. The summed E-state index contributed by atoms with van der Waals surface area (Å²) in [4.78, 5) is -0.0681. The molecule has 0 saturated carbocycles. The highest BCUT2D eigenvalue weighted by atomic mass is 32.2. The van der Waals surface area contributed by atoms with Crippen molar-refractivity contribution in [3.63, 3.8) is 0 Å². The van der Waals surface area contributed by atoms with E-state index in [1.54, 1.807) is 0 Å². The molecule has 0 aliphatic rings. The Balaban J connectivity index is 3.33. The molecule has 0 heterocycles. The van der Waals surface area contributed by atoms with Gasteiger partial charge in [-0.05, 0) is 30.7 Å². The molecule has 0 amide bonds. The van der Waals surface area contributed by atoms with Crippen LogP contribution in [-0.2, 0) is 10.0 Å². The van der Waals surface area contributed by atoms with Crippen LogP contribution in [0.25, 0.3) is 0 Å². The molecule has 5 heteroatoms. The summed E-state index contributed by atoms with van der Waals surface area (Å²) in [5, 5.41) is 4.83. The fourth-order valence-electron chi connectivity index (χ4n) is 0.794. The van der Waals surface area contributed by atoms with Gasteiger partial charge in [0.25, 0.3) is 0 Å². The van der Waals surface area contributed by atoms with E-state index in [-0.39, 0.29) is 10.5 Å². The Morgan fingerprint density at radius 1 is 1.42 bits per heavy atom. The number of hydrogen-bond donors (Lipinski definition) is 1. The van der Waals surface area contributed by atoms with E-state index in [1.807, 2.05) is 0 Å². The van der Waals surface area contributed by atoms with Crippen molar-refractivity contribution in [3.8, 4) is 0 Å². The fraction of sp³-hybridized carbons (Fsp3) is 0.143. The van der Waals surface area contributed by atoms with Gasteiger partial charge in [0.1, 0.15) is 5.82 Å². The maximum absolute atomic E-state index is 12.7. The van der Waals surface area contributed by atoms with E-state index in [0.29, 0.717) is 0 Å². The molecule has 3 nitrogen and oxygen atoms in total. The second-order valence-corrected chi connectivity index (χ2v) is 4.02. The Bertz CT molecular complexity index is 400. The molecule has 0 aliphatic carbocycles. The minimum Gasteiger partial charge on any atom is -0.225 e. The largest absolute Gasteiger partial charge is 0.238 e. The maximum Gasteiger partial charge on any atom is 0.238 e. The highest BCUT2D eigenvalue weighted by molar-refractivity contribution is 7.89. The van der Waals surface area contributed by atoms with Crippen molar-refractivity contribution in [2.75, 3.05) is 0 Å². The predicted octanol–water partition coefficient (Wildman–Crippen LogP) is 0.782. The standard InChI is InChI=1S/C7H8FNO2S/c1-5-4-6(12(9,10)11)2-3-7(5)8/h2-4H,1H3,(H2,9,10,11). The molecule has 2 N–H and O–H groups in total. The Kier molecular flexibility index (Phi) is 2.16. The van der Waals surface area contributed by atoms with Gasteiger partial charge in [0.2, 0.25) is 10.0 Å². The van der Waals surface area contributed by atoms with Crippen LogP contribution in [0, 0.1) is 12.7 Å². The van der Waals surface area contributed by atoms with Crippen molar-refractivity contribution in [1.29, 1.82) is 0 Å². The minimum absolute atomic E-state index is 0.0681. The zero-order valence-corrected chi connectivity index (χ0v) is 7.23. The van der Waals surface area contributed by atoms with Gasteiger partial charge in [-0.2, -0.15) is 0 Å². The summed E-state index contributed by atoms with van der Waals surface area (Å²) in [7, 11) is -3.71. The Hall–Kier alpha value is -0.940. The van der Waals surface area contributed by atoms with Gasteiger partial charge in [0.05, 0.1) is 4.90 Å². The molecule has 1 aromatic carbocycles. The molecule has 0 unspecified atom stereocenters. The van der Waals surface area contributed by atoms with Gasteiger partial charge < -0.3 is 0 Å². The third kappa shape index (κ3) is 1.80. The molecule has 0 atom stereocenters. The first-order chi connectivity index (χ1) is 5.41. The molecule has 0 bridgehead atoms. The number of nitrogens with two attached hydrogens (primary N) is 1. The molecular formula is C7H8FNO2S. The van der Waals surface area contributed by atoms with Crippen LogP contribution < -0.4 is 5.14 Å². The lowest BCUT2D eigenvalue weighted by atomic mass is 10.2. The van der Waals surface area contributed by atoms with Crippen molar-refractivity contribution in [2.24, 2.45) is 5.14 Å². The Morgan fingerprint density at radius 3 is 2.42 bits per heavy atom. The van der Waals surface area contributed by atoms with Gasteiger partial charge in [-0.3, -0.25) is 0 Å². The van der Waals surface area contributed by atoms with Crippen LogP contribution >= 0.6 is 0 Å². The minimum atomic E-state index is -3.71. The monoisotopic (exact) mass is 189 g/mol. The van der Waals surface area contributed by atoms with Gasteiger partial charge >= 0.3 is 0 Å².